The van der Waals surface area contributed by atoms with E-state index in [-0.39, 0.29) is 5.91 Å². The van der Waals surface area contributed by atoms with Crippen LogP contribution in [0.3, 0.4) is 0 Å². The fraction of sp³-hybridized carbons (Fsp3) is 0.435. The van der Waals surface area contributed by atoms with Crippen molar-refractivity contribution in [2.24, 2.45) is 7.05 Å². The number of aromatic nitrogens is 3. The van der Waals surface area contributed by atoms with E-state index in [2.05, 4.69) is 48.2 Å². The van der Waals surface area contributed by atoms with E-state index < -0.39 is 0 Å². The van der Waals surface area contributed by atoms with Gasteiger partial charge in [0, 0.05) is 42.6 Å². The van der Waals surface area contributed by atoms with Crippen molar-refractivity contribution in [3.05, 3.63) is 47.3 Å². The molecule has 1 aliphatic carbocycles. The van der Waals surface area contributed by atoms with Gasteiger partial charge < -0.3 is 10.2 Å². The molecule has 1 fully saturated rings. The van der Waals surface area contributed by atoms with Crippen LogP contribution in [0.4, 0.5) is 11.4 Å². The maximum absolute atomic E-state index is 13.2. The monoisotopic (exact) mass is 391 g/mol. The average molecular weight is 392 g/mol. The molecule has 4 rings (SSSR count). The van der Waals surface area contributed by atoms with Crippen molar-refractivity contribution < 1.29 is 4.79 Å². The lowest BCUT2D eigenvalue weighted by Crippen LogP contribution is -2.30. The molecule has 0 spiro atoms. The van der Waals surface area contributed by atoms with Crippen molar-refractivity contribution in [2.75, 3.05) is 16.8 Å². The Bertz CT molecular complexity index is 1050. The number of rotatable bonds is 6. The Morgan fingerprint density at radius 1 is 1.28 bits per heavy atom. The van der Waals surface area contributed by atoms with Gasteiger partial charge in [-0.3, -0.25) is 9.48 Å². The second-order valence-electron chi connectivity index (χ2n) is 8.16. The van der Waals surface area contributed by atoms with Gasteiger partial charge in [0.1, 0.15) is 0 Å². The molecule has 152 valence electrons. The predicted octanol–water partition coefficient (Wildman–Crippen LogP) is 4.64. The number of pyridine rings is 1. The number of nitrogens with one attached hydrogen (secondary N) is 1. The minimum atomic E-state index is -0.112. The lowest BCUT2D eigenvalue weighted by atomic mass is 10.1. The van der Waals surface area contributed by atoms with Crippen molar-refractivity contribution >= 4 is 28.3 Å². The van der Waals surface area contributed by atoms with Crippen molar-refractivity contribution in [1.82, 2.24) is 14.8 Å². The maximum Gasteiger partial charge on any atom is 0.256 e. The Labute approximate surface area is 171 Å². The third-order valence-electron chi connectivity index (χ3n) is 5.65. The van der Waals surface area contributed by atoms with E-state index in [0.29, 0.717) is 17.5 Å². The number of hydrogen-bond acceptors (Lipinski definition) is 4. The van der Waals surface area contributed by atoms with Gasteiger partial charge >= 0.3 is 0 Å². The first kappa shape index (κ1) is 19.4. The van der Waals surface area contributed by atoms with Gasteiger partial charge in [-0.2, -0.15) is 5.10 Å². The minimum Gasteiger partial charge on any atom is -0.369 e. The molecule has 0 unspecified atom stereocenters. The number of benzene rings is 1. The van der Waals surface area contributed by atoms with E-state index in [4.69, 9.17) is 4.98 Å². The van der Waals surface area contributed by atoms with Crippen LogP contribution in [0.5, 0.6) is 0 Å². The van der Waals surface area contributed by atoms with E-state index in [0.717, 1.165) is 53.2 Å². The van der Waals surface area contributed by atoms with Crippen LogP contribution in [0.15, 0.2) is 30.3 Å². The van der Waals surface area contributed by atoms with Crippen LogP contribution in [0.2, 0.25) is 0 Å². The van der Waals surface area contributed by atoms with Crippen molar-refractivity contribution in [3.63, 3.8) is 0 Å². The Balaban J connectivity index is 1.64. The molecule has 0 radical (unpaired) electrons. The first-order chi connectivity index (χ1) is 13.9. The highest BCUT2D eigenvalue weighted by atomic mass is 16.1. The Hall–Kier alpha value is -2.89. The Kier molecular flexibility index (Phi) is 5.03. The van der Waals surface area contributed by atoms with Crippen LogP contribution in [0, 0.1) is 6.92 Å². The number of carbonyl (C=O) groups excluding carboxylic acids is 1. The number of anilines is 2. The molecule has 1 saturated carbocycles. The number of carbonyl (C=O) groups is 1. The third kappa shape index (κ3) is 3.71. The van der Waals surface area contributed by atoms with Crippen LogP contribution in [-0.4, -0.2) is 33.3 Å². The molecule has 3 aromatic rings. The summed E-state index contributed by atoms with van der Waals surface area (Å²) in [5, 5.41) is 8.39. The molecule has 0 saturated heterocycles. The molecule has 0 bridgehead atoms. The largest absolute Gasteiger partial charge is 0.369 e. The van der Waals surface area contributed by atoms with Gasteiger partial charge in [0.2, 0.25) is 0 Å². The summed E-state index contributed by atoms with van der Waals surface area (Å²) in [6.07, 6.45) is 2.28. The zero-order chi connectivity index (χ0) is 20.7. The van der Waals surface area contributed by atoms with Gasteiger partial charge in [-0.05, 0) is 70.9 Å². The number of nitrogens with zero attached hydrogens (tertiary/aromatic N) is 4. The van der Waals surface area contributed by atoms with E-state index in [9.17, 15) is 4.79 Å². The average Bonchev–Trinajstić information content (AvgIpc) is 3.49. The molecular weight excluding hydrogens is 362 g/mol. The molecule has 29 heavy (non-hydrogen) atoms. The summed E-state index contributed by atoms with van der Waals surface area (Å²) in [5.41, 5.74) is 5.21. The van der Waals surface area contributed by atoms with Crippen LogP contribution in [-0.2, 0) is 7.05 Å². The van der Waals surface area contributed by atoms with Crippen LogP contribution in [0.25, 0.3) is 11.0 Å². The fourth-order valence-electron chi connectivity index (χ4n) is 4.01. The number of fused-ring (bicyclic) bond motifs is 1. The molecule has 6 nitrogen and oxygen atoms in total. The topological polar surface area (TPSA) is 63.1 Å². The van der Waals surface area contributed by atoms with E-state index >= 15 is 0 Å². The van der Waals surface area contributed by atoms with Gasteiger partial charge in [-0.25, -0.2) is 4.98 Å². The zero-order valence-corrected chi connectivity index (χ0v) is 17.9. The zero-order valence-electron chi connectivity index (χ0n) is 17.9. The molecule has 2 aromatic heterocycles. The summed E-state index contributed by atoms with van der Waals surface area (Å²) in [4.78, 5) is 20.3. The summed E-state index contributed by atoms with van der Waals surface area (Å²) in [6.45, 7) is 9.39. The lowest BCUT2D eigenvalue weighted by molar-refractivity contribution is 0.102. The van der Waals surface area contributed by atoms with Gasteiger partial charge in [0.05, 0.1) is 16.6 Å². The molecule has 1 amide bonds. The molecule has 6 heteroatoms. The molecule has 1 N–H and O–H groups in total. The van der Waals surface area contributed by atoms with Gasteiger partial charge in [0.25, 0.3) is 5.91 Å². The Morgan fingerprint density at radius 2 is 1.97 bits per heavy atom. The van der Waals surface area contributed by atoms with Crippen LogP contribution >= 0.6 is 0 Å². The SMILES string of the molecule is CCN(c1ccc(NC(=O)c2cc(C3CC3)nc3c2c(C)nn3C)cc1)C(C)C. The minimum absolute atomic E-state index is 0.112. The predicted molar refractivity (Wildman–Crippen MR) is 118 cm³/mol. The summed E-state index contributed by atoms with van der Waals surface area (Å²) in [7, 11) is 1.88. The normalized spacial score (nSPS) is 13.9. The Morgan fingerprint density at radius 3 is 2.55 bits per heavy atom. The molecular formula is C23H29N5O. The molecule has 0 atom stereocenters. The van der Waals surface area contributed by atoms with Gasteiger partial charge in [-0.15, -0.1) is 0 Å². The highest BCUT2D eigenvalue weighted by Gasteiger charge is 2.28. The second-order valence-corrected chi connectivity index (χ2v) is 8.16. The smallest absolute Gasteiger partial charge is 0.256 e. The van der Waals surface area contributed by atoms with Crippen molar-refractivity contribution in [3.8, 4) is 0 Å². The van der Waals surface area contributed by atoms with Crippen LogP contribution in [0.1, 0.15) is 61.3 Å². The highest BCUT2D eigenvalue weighted by molar-refractivity contribution is 6.12. The van der Waals surface area contributed by atoms with Crippen LogP contribution < -0.4 is 10.2 Å². The van der Waals surface area contributed by atoms with E-state index in [1.165, 1.54) is 0 Å². The highest BCUT2D eigenvalue weighted by Crippen LogP contribution is 2.40. The van der Waals surface area contributed by atoms with Gasteiger partial charge in [-0.1, -0.05) is 0 Å². The summed E-state index contributed by atoms with van der Waals surface area (Å²) >= 11 is 0. The molecule has 0 aliphatic heterocycles. The van der Waals surface area contributed by atoms with Gasteiger partial charge in [0.15, 0.2) is 5.65 Å². The summed E-state index contributed by atoms with van der Waals surface area (Å²) in [6, 6.07) is 10.4. The second kappa shape index (κ2) is 7.50. The maximum atomic E-state index is 13.2. The molecule has 2 heterocycles. The lowest BCUT2D eigenvalue weighted by Gasteiger charge is -2.27. The molecule has 1 aliphatic rings. The fourth-order valence-corrected chi connectivity index (χ4v) is 4.01. The summed E-state index contributed by atoms with van der Waals surface area (Å²) in [5.74, 6) is 0.357. The van der Waals surface area contributed by atoms with E-state index in [1.54, 1.807) is 4.68 Å². The first-order valence-corrected chi connectivity index (χ1v) is 10.4. The third-order valence-corrected chi connectivity index (χ3v) is 5.65. The van der Waals surface area contributed by atoms with Crippen molar-refractivity contribution in [1.29, 1.82) is 0 Å². The number of hydrogen-bond donors (Lipinski definition) is 1. The number of amides is 1. The summed E-state index contributed by atoms with van der Waals surface area (Å²) < 4.78 is 1.77. The molecule has 1 aromatic carbocycles. The van der Waals surface area contributed by atoms with E-state index in [1.807, 2.05) is 32.2 Å². The standard InChI is InChI=1S/C23H29N5O/c1-6-28(14(2)3)18-11-9-17(10-12-18)24-23(29)19-13-20(16-7-8-16)25-22-21(19)15(4)26-27(22)5/h9-14,16H,6-8H2,1-5H3,(H,24,29). The first-order valence-electron chi connectivity index (χ1n) is 10.4. The number of aryl methyl sites for hydroxylation is 2. The van der Waals surface area contributed by atoms with Crippen molar-refractivity contribution in [2.45, 2.75) is 52.5 Å². The quantitative estimate of drug-likeness (QED) is 0.665.